The summed E-state index contributed by atoms with van der Waals surface area (Å²) in [6.07, 6.45) is 1.98. The lowest BCUT2D eigenvalue weighted by Gasteiger charge is -2.36. The summed E-state index contributed by atoms with van der Waals surface area (Å²) in [6, 6.07) is -0.336. The number of allylic oxidation sites excluding steroid dienone is 1. The summed E-state index contributed by atoms with van der Waals surface area (Å²) in [4.78, 5) is 25.1. The van der Waals surface area contributed by atoms with Gasteiger partial charge in [-0.3, -0.25) is 9.59 Å². The van der Waals surface area contributed by atoms with Crippen LogP contribution in [0.2, 0.25) is 0 Å². The Labute approximate surface area is 96.7 Å². The highest BCUT2D eigenvalue weighted by Gasteiger charge is 2.35. The van der Waals surface area contributed by atoms with E-state index in [4.69, 9.17) is 0 Å². The molecule has 1 atom stereocenters. The highest BCUT2D eigenvalue weighted by atomic mass is 16.2. The topological polar surface area (TPSA) is 49.4 Å². The van der Waals surface area contributed by atoms with Gasteiger partial charge in [-0.05, 0) is 19.8 Å². The third-order valence-electron chi connectivity index (χ3n) is 2.67. The number of hydrogen-bond donors (Lipinski definition) is 1. The van der Waals surface area contributed by atoms with Crippen LogP contribution in [0.25, 0.3) is 0 Å². The van der Waals surface area contributed by atoms with E-state index in [1.165, 1.54) is 0 Å². The second-order valence-electron chi connectivity index (χ2n) is 4.73. The third-order valence-corrected chi connectivity index (χ3v) is 2.67. The zero-order valence-electron chi connectivity index (χ0n) is 10.4. The quantitative estimate of drug-likeness (QED) is 0.725. The van der Waals surface area contributed by atoms with E-state index in [9.17, 15) is 9.59 Å². The maximum Gasteiger partial charge on any atom is 0.243 e. The standard InChI is InChI=1S/C12H20N2O2/c1-8(2)5-6-14-10(15)7-13-12(16)11(14)9(3)4/h5,9,11H,6-7H2,1-4H3,(H,13,16). The molecule has 1 unspecified atom stereocenters. The van der Waals surface area contributed by atoms with E-state index in [1.807, 2.05) is 33.8 Å². The van der Waals surface area contributed by atoms with Crippen LogP contribution in [0.1, 0.15) is 27.7 Å². The molecule has 1 aliphatic heterocycles. The van der Waals surface area contributed by atoms with Crippen molar-refractivity contribution in [3.8, 4) is 0 Å². The summed E-state index contributed by atoms with van der Waals surface area (Å²) >= 11 is 0. The van der Waals surface area contributed by atoms with E-state index in [0.717, 1.165) is 5.57 Å². The van der Waals surface area contributed by atoms with Gasteiger partial charge in [-0.1, -0.05) is 25.5 Å². The Balaban J connectivity index is 2.85. The van der Waals surface area contributed by atoms with Crippen molar-refractivity contribution in [1.82, 2.24) is 10.2 Å². The fourth-order valence-corrected chi connectivity index (χ4v) is 1.82. The Morgan fingerprint density at radius 1 is 1.50 bits per heavy atom. The van der Waals surface area contributed by atoms with Crippen LogP contribution in [0.4, 0.5) is 0 Å². The van der Waals surface area contributed by atoms with Crippen molar-refractivity contribution in [2.24, 2.45) is 5.92 Å². The van der Waals surface area contributed by atoms with Gasteiger partial charge in [0.1, 0.15) is 6.04 Å². The fraction of sp³-hybridized carbons (Fsp3) is 0.667. The molecule has 4 nitrogen and oxygen atoms in total. The highest BCUT2D eigenvalue weighted by molar-refractivity contribution is 5.95. The second-order valence-corrected chi connectivity index (χ2v) is 4.73. The summed E-state index contributed by atoms with van der Waals surface area (Å²) in [7, 11) is 0. The van der Waals surface area contributed by atoms with Crippen molar-refractivity contribution < 1.29 is 9.59 Å². The minimum atomic E-state index is -0.336. The summed E-state index contributed by atoms with van der Waals surface area (Å²) in [6.45, 7) is 8.53. The molecule has 0 aromatic carbocycles. The number of amides is 2. The normalized spacial score (nSPS) is 21.1. The van der Waals surface area contributed by atoms with E-state index in [1.54, 1.807) is 4.90 Å². The van der Waals surface area contributed by atoms with Gasteiger partial charge in [0.05, 0.1) is 6.54 Å². The van der Waals surface area contributed by atoms with Crippen molar-refractivity contribution in [3.63, 3.8) is 0 Å². The monoisotopic (exact) mass is 224 g/mol. The van der Waals surface area contributed by atoms with Crippen LogP contribution < -0.4 is 5.32 Å². The maximum absolute atomic E-state index is 11.7. The van der Waals surface area contributed by atoms with Gasteiger partial charge in [-0.2, -0.15) is 0 Å². The molecule has 1 heterocycles. The molecule has 0 aromatic heterocycles. The van der Waals surface area contributed by atoms with E-state index >= 15 is 0 Å². The first-order valence-electron chi connectivity index (χ1n) is 5.64. The third kappa shape index (κ3) is 2.84. The van der Waals surface area contributed by atoms with Gasteiger partial charge >= 0.3 is 0 Å². The van der Waals surface area contributed by atoms with Crippen molar-refractivity contribution in [2.75, 3.05) is 13.1 Å². The SMILES string of the molecule is CC(C)=CCN1C(=O)CNC(=O)C1C(C)C. The first-order chi connectivity index (χ1) is 7.43. The number of carbonyl (C=O) groups is 2. The predicted octanol–water partition coefficient (Wildman–Crippen LogP) is 0.936. The van der Waals surface area contributed by atoms with Crippen LogP contribution >= 0.6 is 0 Å². The number of carbonyl (C=O) groups excluding carboxylic acids is 2. The Morgan fingerprint density at radius 3 is 2.62 bits per heavy atom. The molecule has 2 amide bonds. The molecular formula is C12H20N2O2. The first kappa shape index (κ1) is 12.7. The molecule has 1 fully saturated rings. The Kier molecular flexibility index (Phi) is 4.10. The lowest BCUT2D eigenvalue weighted by molar-refractivity contribution is -0.146. The molecule has 0 aromatic rings. The van der Waals surface area contributed by atoms with Crippen molar-refractivity contribution >= 4 is 11.8 Å². The molecule has 1 saturated heterocycles. The molecule has 1 rings (SSSR count). The Morgan fingerprint density at radius 2 is 2.12 bits per heavy atom. The molecule has 1 aliphatic rings. The first-order valence-corrected chi connectivity index (χ1v) is 5.64. The van der Waals surface area contributed by atoms with Crippen LogP contribution in [0, 0.1) is 5.92 Å². The molecule has 0 radical (unpaired) electrons. The molecule has 90 valence electrons. The van der Waals surface area contributed by atoms with E-state index in [0.29, 0.717) is 6.54 Å². The van der Waals surface area contributed by atoms with Gasteiger partial charge in [-0.25, -0.2) is 0 Å². The average Bonchev–Trinajstić information content (AvgIpc) is 2.18. The fourth-order valence-electron chi connectivity index (χ4n) is 1.82. The molecule has 0 aliphatic carbocycles. The van der Waals surface area contributed by atoms with Crippen molar-refractivity contribution in [2.45, 2.75) is 33.7 Å². The maximum atomic E-state index is 11.7. The lowest BCUT2D eigenvalue weighted by atomic mass is 9.99. The summed E-state index contributed by atoms with van der Waals surface area (Å²) in [5.74, 6) is 0.0855. The second kappa shape index (κ2) is 5.14. The number of nitrogens with one attached hydrogen (secondary N) is 1. The number of rotatable bonds is 3. The molecule has 4 heteroatoms. The average molecular weight is 224 g/mol. The molecule has 0 bridgehead atoms. The van der Waals surface area contributed by atoms with E-state index in [2.05, 4.69) is 5.32 Å². The number of nitrogens with zero attached hydrogens (tertiary/aromatic N) is 1. The zero-order chi connectivity index (χ0) is 12.3. The van der Waals surface area contributed by atoms with Crippen LogP contribution in [0.15, 0.2) is 11.6 Å². The Hall–Kier alpha value is -1.32. The minimum Gasteiger partial charge on any atom is -0.345 e. The number of hydrogen-bond acceptors (Lipinski definition) is 2. The smallest absolute Gasteiger partial charge is 0.243 e. The van der Waals surface area contributed by atoms with Gasteiger partial charge in [0.2, 0.25) is 11.8 Å². The van der Waals surface area contributed by atoms with Gasteiger partial charge < -0.3 is 10.2 Å². The lowest BCUT2D eigenvalue weighted by Crippen LogP contribution is -2.60. The molecule has 0 saturated carbocycles. The van der Waals surface area contributed by atoms with Gasteiger partial charge in [0.25, 0.3) is 0 Å². The molecular weight excluding hydrogens is 204 g/mol. The van der Waals surface area contributed by atoms with Crippen molar-refractivity contribution in [3.05, 3.63) is 11.6 Å². The van der Waals surface area contributed by atoms with Crippen LogP contribution in [-0.2, 0) is 9.59 Å². The summed E-state index contributed by atoms with van der Waals surface area (Å²) < 4.78 is 0. The largest absolute Gasteiger partial charge is 0.345 e. The molecule has 16 heavy (non-hydrogen) atoms. The number of piperazine rings is 1. The summed E-state index contributed by atoms with van der Waals surface area (Å²) in [5, 5.41) is 2.63. The van der Waals surface area contributed by atoms with Gasteiger partial charge in [-0.15, -0.1) is 0 Å². The van der Waals surface area contributed by atoms with Crippen LogP contribution in [0.3, 0.4) is 0 Å². The molecule has 0 spiro atoms. The zero-order valence-corrected chi connectivity index (χ0v) is 10.4. The minimum absolute atomic E-state index is 0.00389. The van der Waals surface area contributed by atoms with Crippen LogP contribution in [0.5, 0.6) is 0 Å². The summed E-state index contributed by atoms with van der Waals surface area (Å²) in [5.41, 5.74) is 1.15. The van der Waals surface area contributed by atoms with Crippen molar-refractivity contribution in [1.29, 1.82) is 0 Å². The van der Waals surface area contributed by atoms with Gasteiger partial charge in [0, 0.05) is 6.54 Å². The van der Waals surface area contributed by atoms with E-state index < -0.39 is 0 Å². The van der Waals surface area contributed by atoms with Crippen LogP contribution in [-0.4, -0.2) is 35.8 Å². The predicted molar refractivity (Wildman–Crippen MR) is 62.8 cm³/mol. The van der Waals surface area contributed by atoms with E-state index in [-0.39, 0.29) is 30.3 Å². The molecule has 1 N–H and O–H groups in total. The van der Waals surface area contributed by atoms with Gasteiger partial charge in [0.15, 0.2) is 0 Å². The Bertz CT molecular complexity index is 317. The highest BCUT2D eigenvalue weighted by Crippen LogP contribution is 2.15.